The highest BCUT2D eigenvalue weighted by Gasteiger charge is 2.15. The van der Waals surface area contributed by atoms with E-state index in [-0.39, 0.29) is 12.5 Å². The highest BCUT2D eigenvalue weighted by molar-refractivity contribution is 5.96. The molecule has 27 heavy (non-hydrogen) atoms. The quantitative estimate of drug-likeness (QED) is 0.607. The van der Waals surface area contributed by atoms with Crippen molar-refractivity contribution in [1.82, 2.24) is 20.6 Å². The summed E-state index contributed by atoms with van der Waals surface area (Å²) in [7, 11) is 0. The lowest BCUT2D eigenvalue weighted by atomic mass is 10.2. The van der Waals surface area contributed by atoms with Crippen LogP contribution in [0, 0.1) is 13.8 Å². The Morgan fingerprint density at radius 2 is 1.67 bits per heavy atom. The van der Waals surface area contributed by atoms with Crippen molar-refractivity contribution in [3.05, 3.63) is 77.6 Å². The molecule has 7 nitrogen and oxygen atoms in total. The Labute approximate surface area is 157 Å². The summed E-state index contributed by atoms with van der Waals surface area (Å²) in [6.07, 6.45) is 1.48. The number of nitrogens with zero attached hydrogens (tertiary/aromatic N) is 2. The van der Waals surface area contributed by atoms with Gasteiger partial charge in [0.05, 0.1) is 29.7 Å². The van der Waals surface area contributed by atoms with Crippen LogP contribution in [-0.2, 0) is 4.79 Å². The monoisotopic (exact) mass is 363 g/mol. The van der Waals surface area contributed by atoms with Crippen LogP contribution in [0.25, 0.3) is 5.69 Å². The average Bonchev–Trinajstić information content (AvgIpc) is 3.08. The first-order valence-corrected chi connectivity index (χ1v) is 8.54. The normalized spacial score (nSPS) is 10.3. The Kier molecular flexibility index (Phi) is 5.51. The van der Waals surface area contributed by atoms with Gasteiger partial charge in [0, 0.05) is 5.69 Å². The van der Waals surface area contributed by atoms with Crippen molar-refractivity contribution in [2.45, 2.75) is 13.8 Å². The molecule has 1 heterocycles. The Morgan fingerprint density at radius 1 is 0.963 bits per heavy atom. The summed E-state index contributed by atoms with van der Waals surface area (Å²) in [4.78, 5) is 24.2. The zero-order chi connectivity index (χ0) is 19.2. The zero-order valence-corrected chi connectivity index (χ0v) is 15.2. The maximum Gasteiger partial charge on any atom is 0.273 e. The summed E-state index contributed by atoms with van der Waals surface area (Å²) in [6, 6.07) is 17.2. The van der Waals surface area contributed by atoms with Gasteiger partial charge in [-0.25, -0.2) is 4.68 Å². The van der Waals surface area contributed by atoms with Crippen LogP contribution < -0.4 is 16.2 Å². The summed E-state index contributed by atoms with van der Waals surface area (Å²) in [5, 5.41) is 7.24. The SMILES string of the molecule is Cc1ccc(NCC(=O)NNC(=O)c2cnn(-c3ccccc3)c2C)cc1. The number of hydrogen-bond acceptors (Lipinski definition) is 4. The maximum absolute atomic E-state index is 12.3. The molecule has 0 aliphatic heterocycles. The van der Waals surface area contributed by atoms with Crippen LogP contribution in [-0.4, -0.2) is 28.1 Å². The molecular formula is C20H21N5O2. The minimum absolute atomic E-state index is 0.0472. The molecule has 3 rings (SSSR count). The predicted molar refractivity (Wildman–Crippen MR) is 104 cm³/mol. The van der Waals surface area contributed by atoms with Crippen molar-refractivity contribution in [3.63, 3.8) is 0 Å². The van der Waals surface area contributed by atoms with Crippen LogP contribution in [0.2, 0.25) is 0 Å². The lowest BCUT2D eigenvalue weighted by molar-refractivity contribution is -0.120. The Morgan fingerprint density at radius 3 is 2.37 bits per heavy atom. The molecule has 0 bridgehead atoms. The second kappa shape index (κ2) is 8.18. The van der Waals surface area contributed by atoms with Gasteiger partial charge in [0.15, 0.2) is 0 Å². The molecule has 0 unspecified atom stereocenters. The molecule has 0 fully saturated rings. The number of amides is 2. The molecule has 0 saturated carbocycles. The number of nitrogens with one attached hydrogen (secondary N) is 3. The van der Waals surface area contributed by atoms with Gasteiger partial charge < -0.3 is 5.32 Å². The van der Waals surface area contributed by atoms with Crippen LogP contribution in [0.4, 0.5) is 5.69 Å². The van der Waals surface area contributed by atoms with E-state index < -0.39 is 5.91 Å². The minimum Gasteiger partial charge on any atom is -0.376 e. The molecular weight excluding hydrogens is 342 g/mol. The van der Waals surface area contributed by atoms with E-state index in [0.29, 0.717) is 11.3 Å². The number of aryl methyl sites for hydroxylation is 1. The van der Waals surface area contributed by atoms with E-state index in [0.717, 1.165) is 16.9 Å². The van der Waals surface area contributed by atoms with Crippen LogP contribution in [0.15, 0.2) is 60.8 Å². The van der Waals surface area contributed by atoms with Crippen molar-refractivity contribution in [2.24, 2.45) is 0 Å². The van der Waals surface area contributed by atoms with Crippen molar-refractivity contribution in [3.8, 4) is 5.69 Å². The molecule has 0 atom stereocenters. The van der Waals surface area contributed by atoms with Crippen LogP contribution >= 0.6 is 0 Å². The van der Waals surface area contributed by atoms with E-state index in [9.17, 15) is 9.59 Å². The average molecular weight is 363 g/mol. The van der Waals surface area contributed by atoms with E-state index in [1.54, 1.807) is 11.6 Å². The summed E-state index contributed by atoms with van der Waals surface area (Å²) in [5.74, 6) is -0.768. The number of benzene rings is 2. The first-order chi connectivity index (χ1) is 13.0. The zero-order valence-electron chi connectivity index (χ0n) is 15.2. The summed E-state index contributed by atoms with van der Waals surface area (Å²) in [5.41, 5.74) is 8.74. The number of para-hydroxylation sites is 1. The fourth-order valence-electron chi connectivity index (χ4n) is 2.55. The fourth-order valence-corrected chi connectivity index (χ4v) is 2.55. The second-order valence-corrected chi connectivity index (χ2v) is 6.11. The third kappa shape index (κ3) is 4.52. The van der Waals surface area contributed by atoms with Crippen molar-refractivity contribution >= 4 is 17.5 Å². The number of hydrazine groups is 1. The molecule has 2 amide bonds. The van der Waals surface area contributed by atoms with Crippen LogP contribution in [0.3, 0.4) is 0 Å². The van der Waals surface area contributed by atoms with Crippen molar-refractivity contribution in [1.29, 1.82) is 0 Å². The minimum atomic E-state index is -0.418. The van der Waals surface area contributed by atoms with Gasteiger partial charge in [-0.1, -0.05) is 35.9 Å². The number of aromatic nitrogens is 2. The molecule has 3 aromatic rings. The lowest BCUT2D eigenvalue weighted by Crippen LogP contribution is -2.44. The molecule has 2 aromatic carbocycles. The molecule has 1 aromatic heterocycles. The molecule has 138 valence electrons. The van der Waals surface area contributed by atoms with E-state index in [4.69, 9.17) is 0 Å². The number of carbonyl (C=O) groups is 2. The molecule has 0 aliphatic carbocycles. The van der Waals surface area contributed by atoms with E-state index >= 15 is 0 Å². The van der Waals surface area contributed by atoms with Gasteiger partial charge in [0.2, 0.25) is 0 Å². The number of anilines is 1. The first-order valence-electron chi connectivity index (χ1n) is 8.54. The van der Waals surface area contributed by atoms with E-state index in [2.05, 4.69) is 21.3 Å². The van der Waals surface area contributed by atoms with Gasteiger partial charge in [0.1, 0.15) is 0 Å². The second-order valence-electron chi connectivity index (χ2n) is 6.11. The van der Waals surface area contributed by atoms with Crippen molar-refractivity contribution in [2.75, 3.05) is 11.9 Å². The molecule has 0 saturated heterocycles. The van der Waals surface area contributed by atoms with Gasteiger partial charge in [-0.15, -0.1) is 0 Å². The number of carbonyl (C=O) groups excluding carboxylic acids is 2. The van der Waals surface area contributed by atoms with Gasteiger partial charge in [0.25, 0.3) is 11.8 Å². The van der Waals surface area contributed by atoms with Gasteiger partial charge in [-0.3, -0.25) is 20.4 Å². The lowest BCUT2D eigenvalue weighted by Gasteiger charge is -2.09. The highest BCUT2D eigenvalue weighted by atomic mass is 16.2. The largest absolute Gasteiger partial charge is 0.376 e. The summed E-state index contributed by atoms with van der Waals surface area (Å²) in [6.45, 7) is 3.84. The third-order valence-electron chi connectivity index (χ3n) is 4.08. The fraction of sp³-hybridized carbons (Fsp3) is 0.150. The molecule has 0 spiro atoms. The Hall–Kier alpha value is -3.61. The Balaban J connectivity index is 1.54. The molecule has 7 heteroatoms. The number of hydrogen-bond donors (Lipinski definition) is 3. The Bertz CT molecular complexity index is 933. The smallest absolute Gasteiger partial charge is 0.273 e. The van der Waals surface area contributed by atoms with Gasteiger partial charge >= 0.3 is 0 Å². The molecule has 0 radical (unpaired) electrons. The number of rotatable bonds is 5. The standard InChI is InChI=1S/C20H21N5O2/c1-14-8-10-16(11-9-14)21-13-19(26)23-24-20(27)18-12-22-25(15(18)2)17-6-4-3-5-7-17/h3-12,21H,13H2,1-2H3,(H,23,26)(H,24,27). The van der Waals surface area contributed by atoms with Crippen LogP contribution in [0.1, 0.15) is 21.6 Å². The maximum atomic E-state index is 12.3. The van der Waals surface area contributed by atoms with Crippen molar-refractivity contribution < 1.29 is 9.59 Å². The highest BCUT2D eigenvalue weighted by Crippen LogP contribution is 2.13. The first kappa shape index (κ1) is 18.2. The predicted octanol–water partition coefficient (Wildman–Crippen LogP) is 2.36. The van der Waals surface area contributed by atoms with Crippen LogP contribution in [0.5, 0.6) is 0 Å². The summed E-state index contributed by atoms with van der Waals surface area (Å²) >= 11 is 0. The van der Waals surface area contributed by atoms with Gasteiger partial charge in [-0.2, -0.15) is 5.10 Å². The van der Waals surface area contributed by atoms with E-state index in [1.807, 2.05) is 61.5 Å². The molecule has 0 aliphatic rings. The topological polar surface area (TPSA) is 88.1 Å². The third-order valence-corrected chi connectivity index (χ3v) is 4.08. The molecule has 3 N–H and O–H groups in total. The summed E-state index contributed by atoms with van der Waals surface area (Å²) < 4.78 is 1.68. The van der Waals surface area contributed by atoms with E-state index in [1.165, 1.54) is 6.20 Å². The van der Waals surface area contributed by atoms with Gasteiger partial charge in [-0.05, 0) is 38.1 Å².